The number of carbonyl (C=O) groups is 1. The van der Waals surface area contributed by atoms with Crippen molar-refractivity contribution in [3.63, 3.8) is 0 Å². The molecule has 1 aromatic rings. The Kier molecular flexibility index (Phi) is 5.35. The fraction of sp³-hybridized carbons (Fsp3) is 0.696. The molecule has 3 fully saturated rings. The lowest BCUT2D eigenvalue weighted by molar-refractivity contribution is -0.134. The van der Waals surface area contributed by atoms with E-state index in [0.717, 1.165) is 19.5 Å². The number of rotatable bonds is 6. The van der Waals surface area contributed by atoms with Gasteiger partial charge in [-0.3, -0.25) is 4.79 Å². The number of amides is 1. The van der Waals surface area contributed by atoms with Crippen LogP contribution in [-0.2, 0) is 11.2 Å². The predicted molar refractivity (Wildman–Crippen MR) is 106 cm³/mol. The van der Waals surface area contributed by atoms with E-state index in [1.807, 2.05) is 0 Å². The summed E-state index contributed by atoms with van der Waals surface area (Å²) in [6.07, 6.45) is 9.89. The average Bonchev–Trinajstić information content (AvgIpc) is 3.16. The lowest BCUT2D eigenvalue weighted by Crippen LogP contribution is -2.42. The highest BCUT2D eigenvalue weighted by molar-refractivity contribution is 5.82. The van der Waals surface area contributed by atoms with Crippen molar-refractivity contribution < 1.29 is 4.79 Å². The molecule has 3 nitrogen and oxygen atoms in total. The molecule has 1 amide bonds. The predicted octanol–water partition coefficient (Wildman–Crippen LogP) is 3.98. The Bertz CT molecular complexity index is 600. The van der Waals surface area contributed by atoms with Crippen LogP contribution in [0.2, 0.25) is 0 Å². The van der Waals surface area contributed by atoms with E-state index in [1.165, 1.54) is 63.6 Å². The molecule has 1 saturated heterocycles. The van der Waals surface area contributed by atoms with Gasteiger partial charge in [0, 0.05) is 19.0 Å². The van der Waals surface area contributed by atoms with Crippen LogP contribution in [0.5, 0.6) is 0 Å². The van der Waals surface area contributed by atoms with Crippen molar-refractivity contribution in [1.29, 1.82) is 0 Å². The molecule has 0 aromatic heterocycles. The van der Waals surface area contributed by atoms with Crippen molar-refractivity contribution in [3.8, 4) is 0 Å². The molecule has 0 bridgehead atoms. The number of likely N-dealkylation sites (tertiary alicyclic amines) is 1. The Balaban J connectivity index is 1.39. The van der Waals surface area contributed by atoms with Crippen LogP contribution in [0.3, 0.4) is 0 Å². The van der Waals surface area contributed by atoms with E-state index >= 15 is 0 Å². The molecule has 0 N–H and O–H groups in total. The Morgan fingerprint density at radius 3 is 2.54 bits per heavy atom. The smallest absolute Gasteiger partial charge is 0.226 e. The van der Waals surface area contributed by atoms with Crippen molar-refractivity contribution in [3.05, 3.63) is 35.9 Å². The summed E-state index contributed by atoms with van der Waals surface area (Å²) >= 11 is 0. The number of nitrogens with zero attached hydrogens (tertiary/aromatic N) is 2. The number of benzene rings is 1. The van der Waals surface area contributed by atoms with Gasteiger partial charge in [0.15, 0.2) is 0 Å². The molecule has 1 heterocycles. The highest BCUT2D eigenvalue weighted by Crippen LogP contribution is 2.63. The molecule has 1 atom stereocenters. The van der Waals surface area contributed by atoms with E-state index < -0.39 is 0 Å². The second-order valence-electron chi connectivity index (χ2n) is 9.09. The fourth-order valence-electron chi connectivity index (χ4n) is 5.31. The van der Waals surface area contributed by atoms with Crippen LogP contribution in [0.1, 0.15) is 50.5 Å². The third-order valence-corrected chi connectivity index (χ3v) is 7.23. The second-order valence-corrected chi connectivity index (χ2v) is 9.09. The highest BCUT2D eigenvalue weighted by atomic mass is 16.2. The normalized spacial score (nSPS) is 25.5. The van der Waals surface area contributed by atoms with E-state index in [1.54, 1.807) is 0 Å². The zero-order chi connectivity index (χ0) is 18.0. The van der Waals surface area contributed by atoms with E-state index in [0.29, 0.717) is 23.2 Å². The van der Waals surface area contributed by atoms with Crippen LogP contribution in [0.25, 0.3) is 0 Å². The summed E-state index contributed by atoms with van der Waals surface area (Å²) in [6, 6.07) is 10.7. The Morgan fingerprint density at radius 1 is 1.15 bits per heavy atom. The van der Waals surface area contributed by atoms with Gasteiger partial charge in [-0.15, -0.1) is 0 Å². The van der Waals surface area contributed by atoms with E-state index in [4.69, 9.17) is 0 Å². The SMILES string of the molecule is CN1CCC(CN(CCc2ccccc2)C(=O)[C@@H]2CC23CCCC3)CC1. The van der Waals surface area contributed by atoms with Crippen molar-refractivity contribution in [2.24, 2.45) is 17.3 Å². The van der Waals surface area contributed by atoms with Gasteiger partial charge >= 0.3 is 0 Å². The first-order valence-electron chi connectivity index (χ1n) is 10.7. The summed E-state index contributed by atoms with van der Waals surface area (Å²) < 4.78 is 0. The van der Waals surface area contributed by atoms with Gasteiger partial charge < -0.3 is 9.80 Å². The van der Waals surface area contributed by atoms with Crippen molar-refractivity contribution >= 4 is 5.91 Å². The molecule has 26 heavy (non-hydrogen) atoms. The Hall–Kier alpha value is -1.35. The van der Waals surface area contributed by atoms with Gasteiger partial charge in [0.2, 0.25) is 5.91 Å². The van der Waals surface area contributed by atoms with Gasteiger partial charge in [0.25, 0.3) is 0 Å². The molecule has 142 valence electrons. The number of hydrogen-bond donors (Lipinski definition) is 0. The second kappa shape index (κ2) is 7.72. The lowest BCUT2D eigenvalue weighted by atomic mass is 9.95. The molecule has 2 saturated carbocycles. The molecule has 0 radical (unpaired) electrons. The first-order chi connectivity index (χ1) is 12.7. The summed E-state index contributed by atoms with van der Waals surface area (Å²) in [7, 11) is 2.21. The maximum atomic E-state index is 13.3. The van der Waals surface area contributed by atoms with Crippen LogP contribution in [-0.4, -0.2) is 48.9 Å². The van der Waals surface area contributed by atoms with E-state index in [9.17, 15) is 4.79 Å². The molecule has 0 unspecified atom stereocenters. The molecule has 2 aliphatic carbocycles. The Morgan fingerprint density at radius 2 is 1.85 bits per heavy atom. The monoisotopic (exact) mass is 354 g/mol. The zero-order valence-electron chi connectivity index (χ0n) is 16.3. The summed E-state index contributed by atoms with van der Waals surface area (Å²) in [5.41, 5.74) is 1.76. The third kappa shape index (κ3) is 3.98. The van der Waals surface area contributed by atoms with Crippen molar-refractivity contribution in [2.45, 2.75) is 51.4 Å². The number of carbonyl (C=O) groups excluding carboxylic acids is 1. The van der Waals surface area contributed by atoms with Gasteiger partial charge in [0.05, 0.1) is 0 Å². The molecule has 1 aromatic carbocycles. The standard InChI is InChI=1S/C23H34N2O/c1-24-14-9-20(10-15-24)18-25(16-11-19-7-3-2-4-8-19)22(26)21-17-23(21)12-5-6-13-23/h2-4,7-8,20-21H,5-6,9-18H2,1H3/t21-/m0/s1. The molecule has 4 rings (SSSR count). The third-order valence-electron chi connectivity index (χ3n) is 7.23. The highest BCUT2D eigenvalue weighted by Gasteiger charge is 2.59. The van der Waals surface area contributed by atoms with Crippen molar-refractivity contribution in [1.82, 2.24) is 9.80 Å². The molecule has 3 aliphatic rings. The maximum absolute atomic E-state index is 13.3. The Labute approximate surface area is 158 Å². The molecular formula is C23H34N2O. The molecule has 1 aliphatic heterocycles. The quantitative estimate of drug-likeness (QED) is 0.771. The van der Waals surface area contributed by atoms with Crippen molar-refractivity contribution in [2.75, 3.05) is 33.2 Å². The number of piperidine rings is 1. The van der Waals surface area contributed by atoms with Crippen LogP contribution in [0.4, 0.5) is 0 Å². The van der Waals surface area contributed by atoms with Crippen LogP contribution in [0, 0.1) is 17.3 Å². The minimum atomic E-state index is 0.340. The fourth-order valence-corrected chi connectivity index (χ4v) is 5.31. The van der Waals surface area contributed by atoms with Gasteiger partial charge in [-0.05, 0) is 75.6 Å². The molecule has 1 spiro atoms. The zero-order valence-corrected chi connectivity index (χ0v) is 16.3. The van der Waals surface area contributed by atoms with E-state index in [-0.39, 0.29) is 0 Å². The lowest BCUT2D eigenvalue weighted by Gasteiger charge is -2.33. The molecule has 3 heteroatoms. The maximum Gasteiger partial charge on any atom is 0.226 e. The first-order valence-corrected chi connectivity index (χ1v) is 10.7. The van der Waals surface area contributed by atoms with Crippen LogP contribution < -0.4 is 0 Å². The first kappa shape index (κ1) is 18.0. The molecular weight excluding hydrogens is 320 g/mol. The van der Waals surface area contributed by atoms with Crippen LogP contribution >= 0.6 is 0 Å². The van der Waals surface area contributed by atoms with Gasteiger partial charge in [-0.1, -0.05) is 43.2 Å². The van der Waals surface area contributed by atoms with E-state index in [2.05, 4.69) is 47.2 Å². The summed E-state index contributed by atoms with van der Waals surface area (Å²) in [5, 5.41) is 0. The largest absolute Gasteiger partial charge is 0.342 e. The minimum Gasteiger partial charge on any atom is -0.342 e. The topological polar surface area (TPSA) is 23.6 Å². The van der Waals surface area contributed by atoms with Gasteiger partial charge in [-0.2, -0.15) is 0 Å². The van der Waals surface area contributed by atoms with Gasteiger partial charge in [0.1, 0.15) is 0 Å². The van der Waals surface area contributed by atoms with Gasteiger partial charge in [-0.25, -0.2) is 0 Å². The summed E-state index contributed by atoms with van der Waals surface area (Å²) in [5.74, 6) is 1.50. The average molecular weight is 355 g/mol. The summed E-state index contributed by atoms with van der Waals surface area (Å²) in [6.45, 7) is 4.23. The minimum absolute atomic E-state index is 0.340. The van der Waals surface area contributed by atoms with Crippen LogP contribution in [0.15, 0.2) is 30.3 Å². The number of hydrogen-bond acceptors (Lipinski definition) is 2. The summed E-state index contributed by atoms with van der Waals surface area (Å²) in [4.78, 5) is 18.0.